The molecule has 0 fully saturated rings. The monoisotopic (exact) mass is 337 g/mol. The van der Waals surface area contributed by atoms with E-state index in [1.54, 1.807) is 0 Å². The molecule has 0 heterocycles. The van der Waals surface area contributed by atoms with E-state index in [2.05, 4.69) is 116 Å². The van der Waals surface area contributed by atoms with Crippen molar-refractivity contribution in [3.63, 3.8) is 0 Å². The van der Waals surface area contributed by atoms with Crippen LogP contribution in [0.5, 0.6) is 0 Å². The zero-order chi connectivity index (χ0) is 17.1. The third-order valence-corrected chi connectivity index (χ3v) is 10.0. The van der Waals surface area contributed by atoms with Gasteiger partial charge in [-0.3, -0.25) is 0 Å². The van der Waals surface area contributed by atoms with E-state index < -0.39 is 8.07 Å². The van der Waals surface area contributed by atoms with Gasteiger partial charge in [0.15, 0.2) is 8.07 Å². The quantitative estimate of drug-likeness (QED) is 0.502. The molecule has 0 nitrogen and oxygen atoms in total. The van der Waals surface area contributed by atoms with Crippen molar-refractivity contribution in [1.82, 2.24) is 0 Å². The van der Waals surface area contributed by atoms with E-state index in [4.69, 9.17) is 0 Å². The second kappa shape index (κ2) is 6.70. The molecule has 0 amide bonds. The van der Waals surface area contributed by atoms with E-state index in [1.165, 1.54) is 26.7 Å². The molecular weight excluding hydrogens is 316 g/mol. The van der Waals surface area contributed by atoms with Crippen LogP contribution in [0.4, 0.5) is 0 Å². The van der Waals surface area contributed by atoms with E-state index in [0.29, 0.717) is 0 Å². The molecule has 0 bridgehead atoms. The summed E-state index contributed by atoms with van der Waals surface area (Å²) in [4.78, 5) is 0. The summed E-state index contributed by atoms with van der Waals surface area (Å²) in [6, 6.07) is 33.2. The predicted molar refractivity (Wildman–Crippen MR) is 110 cm³/mol. The molecule has 0 aromatic heterocycles. The summed E-state index contributed by atoms with van der Waals surface area (Å²) in [5.41, 5.74) is 2.86. The molecule has 1 aliphatic carbocycles. The molecule has 0 N–H and O–H groups in total. The SMILES string of the molecule is CC1=CC=C[C]1[Si](c1ccccc1)(c1ccccc1)c1ccccc1. The van der Waals surface area contributed by atoms with E-state index in [9.17, 15) is 0 Å². The summed E-state index contributed by atoms with van der Waals surface area (Å²) < 4.78 is 0. The molecule has 3 aromatic rings. The first kappa shape index (κ1) is 15.9. The third-order valence-electron chi connectivity index (χ3n) is 5.06. The first-order valence-electron chi connectivity index (χ1n) is 8.73. The van der Waals surface area contributed by atoms with Crippen LogP contribution in [0, 0.1) is 5.54 Å². The number of allylic oxidation sites excluding steroid dienone is 4. The largest absolute Gasteiger partial charge is 0.163 e. The Balaban J connectivity index is 2.09. The summed E-state index contributed by atoms with van der Waals surface area (Å²) in [7, 11) is -2.29. The molecule has 3 aromatic carbocycles. The van der Waals surface area contributed by atoms with Crippen molar-refractivity contribution >= 4 is 23.6 Å². The molecule has 1 heteroatoms. The minimum Gasteiger partial charge on any atom is -0.0750 e. The van der Waals surface area contributed by atoms with E-state index in [-0.39, 0.29) is 0 Å². The lowest BCUT2D eigenvalue weighted by atomic mass is 10.3. The lowest BCUT2D eigenvalue weighted by Crippen LogP contribution is -2.70. The van der Waals surface area contributed by atoms with Gasteiger partial charge in [-0.2, -0.15) is 0 Å². The van der Waals surface area contributed by atoms with Gasteiger partial charge in [0.2, 0.25) is 0 Å². The van der Waals surface area contributed by atoms with Crippen molar-refractivity contribution in [3.05, 3.63) is 120 Å². The number of hydrogen-bond donors (Lipinski definition) is 0. The van der Waals surface area contributed by atoms with Gasteiger partial charge in [-0.05, 0) is 22.5 Å². The van der Waals surface area contributed by atoms with E-state index in [1.807, 2.05) is 0 Å². The topological polar surface area (TPSA) is 0 Å². The Morgan fingerprint density at radius 3 is 1.28 bits per heavy atom. The summed E-state index contributed by atoms with van der Waals surface area (Å²) in [6.07, 6.45) is 6.77. The third kappa shape index (κ3) is 2.61. The highest BCUT2D eigenvalue weighted by molar-refractivity contribution is 7.15. The first-order valence-corrected chi connectivity index (χ1v) is 10.7. The van der Waals surface area contributed by atoms with Crippen LogP contribution in [0.3, 0.4) is 0 Å². The standard InChI is InChI=1S/C24H21Si/c1-20-12-11-19-24(20)25(21-13-5-2-6-14-21,22-15-7-3-8-16-22)23-17-9-4-10-18-23/h2-19H,1H3. The van der Waals surface area contributed by atoms with E-state index >= 15 is 0 Å². The second-order valence-corrected chi connectivity index (χ2v) is 10.2. The lowest BCUT2D eigenvalue weighted by molar-refractivity contribution is 1.39. The zero-order valence-electron chi connectivity index (χ0n) is 14.4. The predicted octanol–water partition coefficient (Wildman–Crippen LogP) is 3.79. The molecular formula is C24H21Si. The van der Waals surface area contributed by atoms with Crippen molar-refractivity contribution in [2.75, 3.05) is 0 Å². The average Bonchev–Trinajstić information content (AvgIpc) is 3.12. The first-order chi connectivity index (χ1) is 12.3. The normalized spacial score (nSPS) is 14.5. The van der Waals surface area contributed by atoms with Crippen LogP contribution >= 0.6 is 0 Å². The van der Waals surface area contributed by atoms with Crippen molar-refractivity contribution in [2.24, 2.45) is 0 Å². The Labute approximate surface area is 151 Å². The van der Waals surface area contributed by atoms with Crippen molar-refractivity contribution in [1.29, 1.82) is 0 Å². The summed E-state index contributed by atoms with van der Waals surface area (Å²) >= 11 is 0. The van der Waals surface area contributed by atoms with Gasteiger partial charge in [0.25, 0.3) is 0 Å². The van der Waals surface area contributed by atoms with Crippen LogP contribution in [-0.4, -0.2) is 8.07 Å². The molecule has 0 spiro atoms. The fraction of sp³-hybridized carbons (Fsp3) is 0.0417. The molecule has 121 valence electrons. The van der Waals surface area contributed by atoms with Crippen LogP contribution in [-0.2, 0) is 0 Å². The van der Waals surface area contributed by atoms with Gasteiger partial charge < -0.3 is 0 Å². The maximum atomic E-state index is 2.33. The molecule has 25 heavy (non-hydrogen) atoms. The highest BCUT2D eigenvalue weighted by Gasteiger charge is 2.47. The van der Waals surface area contributed by atoms with Crippen LogP contribution in [0.15, 0.2) is 115 Å². The summed E-state index contributed by atoms with van der Waals surface area (Å²) in [5, 5.41) is 4.30. The Bertz CT molecular complexity index is 796. The van der Waals surface area contributed by atoms with Crippen LogP contribution < -0.4 is 15.6 Å². The molecule has 0 aliphatic heterocycles. The Morgan fingerprint density at radius 1 is 0.560 bits per heavy atom. The van der Waals surface area contributed by atoms with Crippen molar-refractivity contribution in [3.8, 4) is 0 Å². The molecule has 0 unspecified atom stereocenters. The average molecular weight is 338 g/mol. The molecule has 4 rings (SSSR count). The Morgan fingerprint density at radius 2 is 0.960 bits per heavy atom. The maximum absolute atomic E-state index is 2.33. The van der Waals surface area contributed by atoms with Crippen LogP contribution in [0.25, 0.3) is 0 Å². The van der Waals surface area contributed by atoms with Gasteiger partial charge in [-0.1, -0.05) is 115 Å². The van der Waals surface area contributed by atoms with Crippen LogP contribution in [0.1, 0.15) is 6.92 Å². The molecule has 1 radical (unpaired) electrons. The van der Waals surface area contributed by atoms with E-state index in [0.717, 1.165) is 0 Å². The summed E-state index contributed by atoms with van der Waals surface area (Å²) in [6.45, 7) is 2.24. The Kier molecular flexibility index (Phi) is 4.25. The van der Waals surface area contributed by atoms with Gasteiger partial charge in [0.1, 0.15) is 0 Å². The molecule has 0 atom stereocenters. The smallest absolute Gasteiger partial charge is 0.0750 e. The Hall–Kier alpha value is -2.64. The number of benzene rings is 3. The maximum Gasteiger partial charge on any atom is 0.163 e. The number of hydrogen-bond acceptors (Lipinski definition) is 0. The zero-order valence-corrected chi connectivity index (χ0v) is 15.4. The van der Waals surface area contributed by atoms with Crippen molar-refractivity contribution < 1.29 is 0 Å². The van der Waals surface area contributed by atoms with Crippen LogP contribution in [0.2, 0.25) is 0 Å². The van der Waals surface area contributed by atoms with Gasteiger partial charge >= 0.3 is 0 Å². The minimum absolute atomic E-state index is 1.38. The molecule has 0 saturated heterocycles. The fourth-order valence-electron chi connectivity index (χ4n) is 3.96. The highest BCUT2D eigenvalue weighted by Crippen LogP contribution is 2.31. The van der Waals surface area contributed by atoms with Gasteiger partial charge in [0.05, 0.1) is 0 Å². The summed E-state index contributed by atoms with van der Waals surface area (Å²) in [5.74, 6) is 0. The lowest BCUT2D eigenvalue weighted by Gasteiger charge is -2.38. The number of rotatable bonds is 4. The fourth-order valence-corrected chi connectivity index (χ4v) is 8.99. The van der Waals surface area contributed by atoms with Gasteiger partial charge in [-0.25, -0.2) is 0 Å². The molecule has 1 aliphatic rings. The van der Waals surface area contributed by atoms with Crippen molar-refractivity contribution in [2.45, 2.75) is 6.92 Å². The highest BCUT2D eigenvalue weighted by atomic mass is 28.3. The second-order valence-electron chi connectivity index (χ2n) is 6.47. The molecule has 0 saturated carbocycles. The van der Waals surface area contributed by atoms with Gasteiger partial charge in [-0.15, -0.1) is 0 Å². The van der Waals surface area contributed by atoms with Gasteiger partial charge in [0, 0.05) is 5.54 Å². The minimum atomic E-state index is -2.29.